The van der Waals surface area contributed by atoms with Gasteiger partial charge < -0.3 is 5.32 Å². The third kappa shape index (κ3) is 4.12. The molecule has 1 aromatic heterocycles. The van der Waals surface area contributed by atoms with Crippen molar-refractivity contribution in [1.82, 2.24) is 14.0 Å². The van der Waals surface area contributed by atoms with E-state index in [1.807, 2.05) is 18.2 Å². The van der Waals surface area contributed by atoms with E-state index in [4.69, 9.17) is 0 Å². The molecule has 7 nitrogen and oxygen atoms in total. The van der Waals surface area contributed by atoms with E-state index in [9.17, 15) is 14.9 Å². The van der Waals surface area contributed by atoms with Crippen LogP contribution in [0.3, 0.4) is 0 Å². The summed E-state index contributed by atoms with van der Waals surface area (Å²) in [6.45, 7) is 3.73. The average molecular weight is 367 g/mol. The van der Waals surface area contributed by atoms with Gasteiger partial charge in [-0.2, -0.15) is 5.26 Å². The Kier molecular flexibility index (Phi) is 5.77. The van der Waals surface area contributed by atoms with Crippen LogP contribution in [0.25, 0.3) is 0 Å². The maximum absolute atomic E-state index is 12.1. The summed E-state index contributed by atoms with van der Waals surface area (Å²) in [7, 11) is 2.92. The van der Waals surface area contributed by atoms with Gasteiger partial charge in [0.25, 0.3) is 5.56 Å². The van der Waals surface area contributed by atoms with E-state index >= 15 is 0 Å². The predicted molar refractivity (Wildman–Crippen MR) is 105 cm³/mol. The zero-order chi connectivity index (χ0) is 19.4. The Morgan fingerprint density at radius 3 is 2.26 bits per heavy atom. The monoisotopic (exact) mass is 367 g/mol. The van der Waals surface area contributed by atoms with Gasteiger partial charge in [-0.3, -0.25) is 18.8 Å². The highest BCUT2D eigenvalue weighted by Gasteiger charge is 2.15. The molecule has 27 heavy (non-hydrogen) atoms. The number of likely N-dealkylation sites (tertiary alicyclic amines) is 1. The van der Waals surface area contributed by atoms with Crippen LogP contribution in [0.15, 0.2) is 33.9 Å². The Bertz CT molecular complexity index is 960. The van der Waals surface area contributed by atoms with Gasteiger partial charge in [0, 0.05) is 27.2 Å². The van der Waals surface area contributed by atoms with Gasteiger partial charge in [0.1, 0.15) is 11.9 Å². The van der Waals surface area contributed by atoms with Crippen LogP contribution in [0.5, 0.6) is 0 Å². The number of benzene rings is 1. The fourth-order valence-corrected chi connectivity index (χ4v) is 3.48. The first-order valence-corrected chi connectivity index (χ1v) is 9.25. The van der Waals surface area contributed by atoms with E-state index < -0.39 is 11.2 Å². The van der Waals surface area contributed by atoms with Crippen LogP contribution in [-0.2, 0) is 27.2 Å². The SMILES string of the molecule is Cn1c(NCc2ccc(CN3CCCCC3)cc2)c(C#N)c(=O)n(C)c1=O. The second-order valence-electron chi connectivity index (χ2n) is 7.05. The summed E-state index contributed by atoms with van der Waals surface area (Å²) in [5.41, 5.74) is 1.20. The summed E-state index contributed by atoms with van der Waals surface area (Å²) in [5, 5.41) is 12.4. The van der Waals surface area contributed by atoms with Crippen molar-refractivity contribution < 1.29 is 0 Å². The van der Waals surface area contributed by atoms with Crippen LogP contribution in [0.4, 0.5) is 5.82 Å². The molecule has 0 radical (unpaired) electrons. The van der Waals surface area contributed by atoms with Crippen molar-refractivity contribution in [3.63, 3.8) is 0 Å². The van der Waals surface area contributed by atoms with Crippen LogP contribution in [0.2, 0.25) is 0 Å². The molecule has 0 saturated carbocycles. The van der Waals surface area contributed by atoms with Gasteiger partial charge in [-0.25, -0.2) is 4.79 Å². The van der Waals surface area contributed by atoms with Crippen LogP contribution in [0, 0.1) is 11.3 Å². The summed E-state index contributed by atoms with van der Waals surface area (Å²) in [6.07, 6.45) is 3.88. The van der Waals surface area contributed by atoms with E-state index in [0.717, 1.165) is 29.8 Å². The summed E-state index contributed by atoms with van der Waals surface area (Å²) < 4.78 is 2.24. The largest absolute Gasteiger partial charge is 0.366 e. The average Bonchev–Trinajstić information content (AvgIpc) is 2.70. The molecular formula is C20H25N5O2. The molecule has 142 valence electrons. The third-order valence-corrected chi connectivity index (χ3v) is 5.11. The Morgan fingerprint density at radius 2 is 1.63 bits per heavy atom. The third-order valence-electron chi connectivity index (χ3n) is 5.11. The number of rotatable bonds is 5. The molecular weight excluding hydrogens is 342 g/mol. The topological polar surface area (TPSA) is 83.1 Å². The van der Waals surface area contributed by atoms with E-state index in [0.29, 0.717) is 6.54 Å². The summed E-state index contributed by atoms with van der Waals surface area (Å²) in [6, 6.07) is 10.2. The zero-order valence-electron chi connectivity index (χ0n) is 15.9. The summed E-state index contributed by atoms with van der Waals surface area (Å²) >= 11 is 0. The van der Waals surface area contributed by atoms with Gasteiger partial charge in [-0.05, 0) is 37.1 Å². The number of hydrogen-bond donors (Lipinski definition) is 1. The molecule has 0 spiro atoms. The zero-order valence-corrected chi connectivity index (χ0v) is 15.9. The highest BCUT2D eigenvalue weighted by Crippen LogP contribution is 2.15. The summed E-state index contributed by atoms with van der Waals surface area (Å²) in [5.74, 6) is 0.253. The van der Waals surface area contributed by atoms with Crippen molar-refractivity contribution in [3.8, 4) is 6.07 Å². The molecule has 1 saturated heterocycles. The molecule has 0 aliphatic carbocycles. The minimum absolute atomic E-state index is 0.0543. The number of nitrogens with one attached hydrogen (secondary N) is 1. The lowest BCUT2D eigenvalue weighted by Crippen LogP contribution is -2.39. The molecule has 1 aliphatic rings. The van der Waals surface area contributed by atoms with E-state index in [2.05, 4.69) is 22.3 Å². The first-order chi connectivity index (χ1) is 13.0. The Morgan fingerprint density at radius 1 is 1.00 bits per heavy atom. The number of nitrogens with zero attached hydrogens (tertiary/aromatic N) is 4. The van der Waals surface area contributed by atoms with Crippen molar-refractivity contribution in [2.75, 3.05) is 18.4 Å². The molecule has 0 atom stereocenters. The normalized spacial score (nSPS) is 14.7. The molecule has 1 N–H and O–H groups in total. The number of anilines is 1. The van der Waals surface area contributed by atoms with E-state index in [1.165, 1.54) is 36.4 Å². The minimum Gasteiger partial charge on any atom is -0.366 e. The van der Waals surface area contributed by atoms with Gasteiger partial charge in [0.2, 0.25) is 0 Å². The molecule has 1 aromatic carbocycles. The number of aromatic nitrogens is 2. The quantitative estimate of drug-likeness (QED) is 0.867. The number of hydrogen-bond acceptors (Lipinski definition) is 5. The number of nitriles is 1. The van der Waals surface area contributed by atoms with Crippen LogP contribution in [0.1, 0.15) is 36.0 Å². The maximum atomic E-state index is 12.1. The van der Waals surface area contributed by atoms with Crippen molar-refractivity contribution in [2.45, 2.75) is 32.4 Å². The Balaban J connectivity index is 1.71. The molecule has 7 heteroatoms. The second-order valence-corrected chi connectivity index (χ2v) is 7.05. The second kappa shape index (κ2) is 8.23. The first kappa shape index (κ1) is 18.9. The number of piperidine rings is 1. The summed E-state index contributed by atoms with van der Waals surface area (Å²) in [4.78, 5) is 26.7. The lowest BCUT2D eigenvalue weighted by molar-refractivity contribution is 0.221. The lowest BCUT2D eigenvalue weighted by atomic mass is 10.1. The molecule has 1 fully saturated rings. The first-order valence-electron chi connectivity index (χ1n) is 9.25. The smallest absolute Gasteiger partial charge is 0.332 e. The van der Waals surface area contributed by atoms with Crippen LogP contribution >= 0.6 is 0 Å². The minimum atomic E-state index is -0.583. The van der Waals surface area contributed by atoms with E-state index in [-0.39, 0.29) is 11.4 Å². The predicted octanol–water partition coefficient (Wildman–Crippen LogP) is 1.55. The van der Waals surface area contributed by atoms with Gasteiger partial charge in [-0.1, -0.05) is 30.7 Å². The Labute approximate surface area is 158 Å². The van der Waals surface area contributed by atoms with Gasteiger partial charge in [0.05, 0.1) is 0 Å². The van der Waals surface area contributed by atoms with Crippen molar-refractivity contribution in [1.29, 1.82) is 5.26 Å². The molecule has 0 amide bonds. The highest BCUT2D eigenvalue weighted by molar-refractivity contribution is 5.51. The van der Waals surface area contributed by atoms with Crippen molar-refractivity contribution >= 4 is 5.82 Å². The van der Waals surface area contributed by atoms with Crippen molar-refractivity contribution in [3.05, 3.63) is 61.8 Å². The van der Waals surface area contributed by atoms with Gasteiger partial charge in [0.15, 0.2) is 5.56 Å². The molecule has 0 bridgehead atoms. The lowest BCUT2D eigenvalue weighted by Gasteiger charge is -2.26. The molecule has 1 aliphatic heterocycles. The standard InChI is InChI=1S/C20H25N5O2/c1-23-18(17(12-21)19(26)24(2)20(23)27)22-13-15-6-8-16(9-7-15)14-25-10-4-3-5-11-25/h6-9,22H,3-5,10-11,13-14H2,1-2H3. The molecule has 2 aromatic rings. The van der Waals surface area contributed by atoms with Crippen LogP contribution in [-0.4, -0.2) is 27.1 Å². The maximum Gasteiger partial charge on any atom is 0.332 e. The van der Waals surface area contributed by atoms with E-state index in [1.54, 1.807) is 7.05 Å². The highest BCUT2D eigenvalue weighted by atomic mass is 16.2. The Hall–Kier alpha value is -2.85. The van der Waals surface area contributed by atoms with Crippen molar-refractivity contribution in [2.24, 2.45) is 14.1 Å². The van der Waals surface area contributed by atoms with Crippen LogP contribution < -0.4 is 16.6 Å². The van der Waals surface area contributed by atoms with Gasteiger partial charge >= 0.3 is 5.69 Å². The fourth-order valence-electron chi connectivity index (χ4n) is 3.48. The van der Waals surface area contributed by atoms with Gasteiger partial charge in [-0.15, -0.1) is 0 Å². The molecule has 3 rings (SSSR count). The fraction of sp³-hybridized carbons (Fsp3) is 0.450. The molecule has 2 heterocycles. The molecule has 0 unspecified atom stereocenters.